The van der Waals surface area contributed by atoms with Crippen molar-refractivity contribution in [2.75, 3.05) is 0 Å². The van der Waals surface area contributed by atoms with Crippen molar-refractivity contribution in [1.29, 1.82) is 0 Å². The molecule has 0 amide bonds. The van der Waals surface area contributed by atoms with Crippen molar-refractivity contribution in [3.8, 4) is 11.5 Å². The number of benzene rings is 2. The summed E-state index contributed by atoms with van der Waals surface area (Å²) in [5.41, 5.74) is 7.84. The summed E-state index contributed by atoms with van der Waals surface area (Å²) in [4.78, 5) is 0. The first kappa shape index (κ1) is 14.4. The van der Waals surface area contributed by atoms with Gasteiger partial charge in [0, 0.05) is 6.54 Å². The summed E-state index contributed by atoms with van der Waals surface area (Å²) in [5.74, 6) is 1.50. The highest BCUT2D eigenvalue weighted by molar-refractivity contribution is 5.43. The van der Waals surface area contributed by atoms with Crippen molar-refractivity contribution in [2.45, 2.75) is 33.1 Å². The van der Waals surface area contributed by atoms with E-state index in [1.54, 1.807) is 0 Å². The predicted molar refractivity (Wildman–Crippen MR) is 80.9 cm³/mol. The largest absolute Gasteiger partial charge is 0.487 e. The maximum atomic E-state index is 5.89. The smallest absolute Gasteiger partial charge is 0.162 e. The van der Waals surface area contributed by atoms with Crippen molar-refractivity contribution in [2.24, 2.45) is 5.73 Å². The normalized spacial score (nSPS) is 10.6. The Bertz CT molecular complexity index is 538. The monoisotopic (exact) mass is 271 g/mol. The molecule has 0 heterocycles. The third-order valence-electron chi connectivity index (χ3n) is 2.84. The average molecular weight is 271 g/mol. The predicted octanol–water partition coefficient (Wildman–Crippen LogP) is 3.51. The van der Waals surface area contributed by atoms with E-state index in [1.165, 1.54) is 0 Å². The molecule has 0 unspecified atom stereocenters. The zero-order valence-corrected chi connectivity index (χ0v) is 12.0. The first-order valence-electron chi connectivity index (χ1n) is 6.85. The van der Waals surface area contributed by atoms with Gasteiger partial charge in [-0.05, 0) is 37.1 Å². The van der Waals surface area contributed by atoms with Crippen molar-refractivity contribution < 1.29 is 9.47 Å². The molecule has 3 heteroatoms. The second-order valence-electron chi connectivity index (χ2n) is 4.93. The molecule has 0 fully saturated rings. The van der Waals surface area contributed by atoms with Gasteiger partial charge < -0.3 is 15.2 Å². The van der Waals surface area contributed by atoms with E-state index >= 15 is 0 Å². The van der Waals surface area contributed by atoms with Crippen LogP contribution in [0.5, 0.6) is 11.5 Å². The molecule has 2 N–H and O–H groups in total. The molecule has 3 nitrogen and oxygen atoms in total. The summed E-state index contributed by atoms with van der Waals surface area (Å²) in [6.07, 6.45) is 0.109. The topological polar surface area (TPSA) is 44.5 Å². The van der Waals surface area contributed by atoms with Gasteiger partial charge in [0.25, 0.3) is 0 Å². The number of nitrogens with two attached hydrogens (primary N) is 1. The van der Waals surface area contributed by atoms with Gasteiger partial charge in [-0.25, -0.2) is 0 Å². The lowest BCUT2D eigenvalue weighted by molar-refractivity contribution is 0.218. The molecule has 2 aromatic carbocycles. The Morgan fingerprint density at radius 2 is 1.70 bits per heavy atom. The molecular formula is C17H21NO2. The Kier molecular flexibility index (Phi) is 5.02. The first-order valence-corrected chi connectivity index (χ1v) is 6.85. The van der Waals surface area contributed by atoms with Crippen LogP contribution in [0.3, 0.4) is 0 Å². The SMILES string of the molecule is CC(C)Oc1ccc(CN)cc1OCc1ccccc1. The van der Waals surface area contributed by atoms with Gasteiger partial charge in [-0.1, -0.05) is 36.4 Å². The zero-order chi connectivity index (χ0) is 14.4. The first-order chi connectivity index (χ1) is 9.69. The Morgan fingerprint density at radius 1 is 0.950 bits per heavy atom. The third kappa shape index (κ3) is 4.00. The standard InChI is InChI=1S/C17H21NO2/c1-13(2)20-16-9-8-15(11-18)10-17(16)19-12-14-6-4-3-5-7-14/h3-10,13H,11-12,18H2,1-2H3. The fourth-order valence-electron chi connectivity index (χ4n) is 1.88. The molecular weight excluding hydrogens is 250 g/mol. The third-order valence-corrected chi connectivity index (χ3v) is 2.84. The molecule has 0 aliphatic carbocycles. The highest BCUT2D eigenvalue weighted by Gasteiger charge is 2.08. The minimum atomic E-state index is 0.109. The molecule has 0 aliphatic rings. The molecule has 0 aliphatic heterocycles. The highest BCUT2D eigenvalue weighted by atomic mass is 16.5. The Morgan fingerprint density at radius 3 is 2.35 bits per heavy atom. The van der Waals surface area contributed by atoms with E-state index in [1.807, 2.05) is 62.4 Å². The van der Waals surface area contributed by atoms with Gasteiger partial charge in [0.15, 0.2) is 11.5 Å². The van der Waals surface area contributed by atoms with Crippen LogP contribution in [0.4, 0.5) is 0 Å². The van der Waals surface area contributed by atoms with Gasteiger partial charge in [0.1, 0.15) is 6.61 Å². The van der Waals surface area contributed by atoms with Gasteiger partial charge in [-0.2, -0.15) is 0 Å². The van der Waals surface area contributed by atoms with Crippen molar-refractivity contribution in [3.05, 3.63) is 59.7 Å². The summed E-state index contributed by atoms with van der Waals surface area (Å²) in [6, 6.07) is 15.9. The van der Waals surface area contributed by atoms with Crippen LogP contribution in [0.25, 0.3) is 0 Å². The van der Waals surface area contributed by atoms with E-state index in [0.29, 0.717) is 13.2 Å². The van der Waals surface area contributed by atoms with Crippen molar-refractivity contribution in [1.82, 2.24) is 0 Å². The van der Waals surface area contributed by atoms with E-state index in [2.05, 4.69) is 0 Å². The molecule has 0 saturated heterocycles. The van der Waals surface area contributed by atoms with Crippen LogP contribution in [-0.2, 0) is 13.2 Å². The molecule has 2 rings (SSSR count). The van der Waals surface area contributed by atoms with Gasteiger partial charge >= 0.3 is 0 Å². The number of ether oxygens (including phenoxy) is 2. The van der Waals surface area contributed by atoms with Crippen molar-refractivity contribution >= 4 is 0 Å². The number of hydrogen-bond acceptors (Lipinski definition) is 3. The second-order valence-corrected chi connectivity index (χ2v) is 4.93. The van der Waals surface area contributed by atoms with Crippen LogP contribution in [0.2, 0.25) is 0 Å². The summed E-state index contributed by atoms with van der Waals surface area (Å²) in [7, 11) is 0. The van der Waals surface area contributed by atoms with Gasteiger partial charge in [0.05, 0.1) is 6.10 Å². The number of hydrogen-bond donors (Lipinski definition) is 1. The van der Waals surface area contributed by atoms with Crippen LogP contribution in [0.15, 0.2) is 48.5 Å². The van der Waals surface area contributed by atoms with Gasteiger partial charge in [0.2, 0.25) is 0 Å². The number of rotatable bonds is 6. The van der Waals surface area contributed by atoms with E-state index in [9.17, 15) is 0 Å². The van der Waals surface area contributed by atoms with Crippen LogP contribution >= 0.6 is 0 Å². The lowest BCUT2D eigenvalue weighted by Crippen LogP contribution is -2.08. The van der Waals surface area contributed by atoms with Crippen LogP contribution < -0.4 is 15.2 Å². The molecule has 106 valence electrons. The Hall–Kier alpha value is -2.00. The summed E-state index contributed by atoms with van der Waals surface area (Å²) in [6.45, 7) is 5.00. The zero-order valence-electron chi connectivity index (χ0n) is 12.0. The molecule has 0 spiro atoms. The molecule has 0 bridgehead atoms. The summed E-state index contributed by atoms with van der Waals surface area (Å²) in [5, 5.41) is 0. The highest BCUT2D eigenvalue weighted by Crippen LogP contribution is 2.30. The maximum absolute atomic E-state index is 5.89. The van der Waals surface area contributed by atoms with Gasteiger partial charge in [-0.3, -0.25) is 0 Å². The van der Waals surface area contributed by atoms with Crippen LogP contribution in [0.1, 0.15) is 25.0 Å². The summed E-state index contributed by atoms with van der Waals surface area (Å²) >= 11 is 0. The molecule has 0 atom stereocenters. The Labute approximate surface area is 120 Å². The second kappa shape index (κ2) is 6.96. The molecule has 0 saturated carbocycles. The van der Waals surface area contributed by atoms with E-state index in [4.69, 9.17) is 15.2 Å². The van der Waals surface area contributed by atoms with Crippen LogP contribution in [0, 0.1) is 0 Å². The van der Waals surface area contributed by atoms with E-state index in [-0.39, 0.29) is 6.10 Å². The average Bonchev–Trinajstić information content (AvgIpc) is 2.47. The lowest BCUT2D eigenvalue weighted by atomic mass is 10.2. The lowest BCUT2D eigenvalue weighted by Gasteiger charge is -2.16. The minimum absolute atomic E-state index is 0.109. The fraction of sp³-hybridized carbons (Fsp3) is 0.294. The molecule has 20 heavy (non-hydrogen) atoms. The van der Waals surface area contributed by atoms with E-state index in [0.717, 1.165) is 22.6 Å². The van der Waals surface area contributed by atoms with Crippen LogP contribution in [-0.4, -0.2) is 6.10 Å². The maximum Gasteiger partial charge on any atom is 0.162 e. The van der Waals surface area contributed by atoms with Crippen molar-refractivity contribution in [3.63, 3.8) is 0 Å². The quantitative estimate of drug-likeness (QED) is 0.874. The van der Waals surface area contributed by atoms with Gasteiger partial charge in [-0.15, -0.1) is 0 Å². The minimum Gasteiger partial charge on any atom is -0.487 e. The summed E-state index contributed by atoms with van der Waals surface area (Å²) < 4.78 is 11.7. The molecule has 0 radical (unpaired) electrons. The fourth-order valence-corrected chi connectivity index (χ4v) is 1.88. The van der Waals surface area contributed by atoms with E-state index < -0.39 is 0 Å². The Balaban J connectivity index is 2.15. The molecule has 0 aromatic heterocycles. The molecule has 2 aromatic rings.